The van der Waals surface area contributed by atoms with Crippen LogP contribution in [0.25, 0.3) is 0 Å². The predicted molar refractivity (Wildman–Crippen MR) is 98.6 cm³/mol. The zero-order valence-electron chi connectivity index (χ0n) is 16.6. The van der Waals surface area contributed by atoms with Gasteiger partial charge in [-0.15, -0.1) is 0 Å². The highest BCUT2D eigenvalue weighted by molar-refractivity contribution is 6.74. The Balaban J connectivity index is 2.94. The molecule has 0 N–H and O–H groups in total. The molecule has 0 aromatic rings. The standard InChI is InChI=1S/C18H33NO4Si/c1-13-10-14(12-22-24(8,9)18(5,6)7)19(11-15(13)20)16(21)23-17(2,3)4/h10,14H,11-12H2,1-9H3/t14-/m0/s1. The Labute approximate surface area is 147 Å². The number of carbonyl (C=O) groups is 2. The van der Waals surface area contributed by atoms with Crippen LogP contribution in [-0.4, -0.2) is 49.9 Å². The molecule has 0 saturated carbocycles. The lowest BCUT2D eigenvalue weighted by atomic mass is 10.0. The molecule has 1 amide bonds. The minimum Gasteiger partial charge on any atom is -0.444 e. The van der Waals surface area contributed by atoms with E-state index in [2.05, 4.69) is 33.9 Å². The third-order valence-corrected chi connectivity index (χ3v) is 9.15. The van der Waals surface area contributed by atoms with Gasteiger partial charge in [-0.2, -0.15) is 0 Å². The van der Waals surface area contributed by atoms with E-state index in [4.69, 9.17) is 9.16 Å². The Morgan fingerprint density at radius 1 is 1.25 bits per heavy atom. The zero-order valence-corrected chi connectivity index (χ0v) is 17.6. The maximum Gasteiger partial charge on any atom is 0.411 e. The van der Waals surface area contributed by atoms with Crippen LogP contribution >= 0.6 is 0 Å². The molecular weight excluding hydrogens is 322 g/mol. The van der Waals surface area contributed by atoms with Gasteiger partial charge < -0.3 is 9.16 Å². The number of carbonyl (C=O) groups excluding carboxylic acids is 2. The van der Waals surface area contributed by atoms with Gasteiger partial charge in [0.05, 0.1) is 19.2 Å². The quantitative estimate of drug-likeness (QED) is 0.714. The fourth-order valence-electron chi connectivity index (χ4n) is 2.04. The molecule has 0 unspecified atom stereocenters. The highest BCUT2D eigenvalue weighted by atomic mass is 28.4. The normalized spacial score (nSPS) is 20.0. The summed E-state index contributed by atoms with van der Waals surface area (Å²) in [5, 5.41) is 0.0903. The monoisotopic (exact) mass is 355 g/mol. The average molecular weight is 356 g/mol. The molecule has 0 aromatic carbocycles. The lowest BCUT2D eigenvalue weighted by Gasteiger charge is -2.40. The summed E-state index contributed by atoms with van der Waals surface area (Å²) in [6.45, 7) is 18.6. The van der Waals surface area contributed by atoms with E-state index in [-0.39, 0.29) is 23.4 Å². The summed E-state index contributed by atoms with van der Waals surface area (Å²) >= 11 is 0. The fourth-order valence-corrected chi connectivity index (χ4v) is 3.06. The van der Waals surface area contributed by atoms with Crippen molar-refractivity contribution < 1.29 is 18.8 Å². The second kappa shape index (κ2) is 7.00. The van der Waals surface area contributed by atoms with Crippen LogP contribution in [0.5, 0.6) is 0 Å². The van der Waals surface area contributed by atoms with Gasteiger partial charge in [-0.1, -0.05) is 26.8 Å². The third-order valence-electron chi connectivity index (χ3n) is 4.65. The second-order valence-corrected chi connectivity index (χ2v) is 13.8. The van der Waals surface area contributed by atoms with E-state index in [1.165, 1.54) is 4.90 Å². The van der Waals surface area contributed by atoms with Crippen LogP contribution in [0.3, 0.4) is 0 Å². The van der Waals surface area contributed by atoms with E-state index in [9.17, 15) is 9.59 Å². The average Bonchev–Trinajstić information content (AvgIpc) is 2.36. The van der Waals surface area contributed by atoms with Crippen molar-refractivity contribution in [3.8, 4) is 0 Å². The maximum absolute atomic E-state index is 12.5. The summed E-state index contributed by atoms with van der Waals surface area (Å²) in [5.74, 6) is -0.0514. The number of rotatable bonds is 3. The van der Waals surface area contributed by atoms with Crippen molar-refractivity contribution >= 4 is 20.2 Å². The lowest BCUT2D eigenvalue weighted by Crippen LogP contribution is -2.52. The van der Waals surface area contributed by atoms with Crippen molar-refractivity contribution in [2.75, 3.05) is 13.2 Å². The first-order valence-electron chi connectivity index (χ1n) is 8.49. The van der Waals surface area contributed by atoms with Crippen LogP contribution in [-0.2, 0) is 14.0 Å². The molecule has 0 bridgehead atoms. The SMILES string of the molecule is CC1=C[C@@H](CO[Si](C)(C)C(C)(C)C)N(C(=O)OC(C)(C)C)CC1=O. The van der Waals surface area contributed by atoms with Crippen molar-refractivity contribution in [2.45, 2.75) is 78.2 Å². The second-order valence-electron chi connectivity index (χ2n) is 9.02. The number of hydrogen-bond donors (Lipinski definition) is 0. The van der Waals surface area contributed by atoms with Crippen LogP contribution in [0.4, 0.5) is 4.79 Å². The van der Waals surface area contributed by atoms with E-state index < -0.39 is 20.0 Å². The van der Waals surface area contributed by atoms with Crippen LogP contribution in [0.2, 0.25) is 18.1 Å². The molecule has 0 fully saturated rings. The van der Waals surface area contributed by atoms with Crippen molar-refractivity contribution in [3.05, 3.63) is 11.6 Å². The molecule has 0 radical (unpaired) electrons. The predicted octanol–water partition coefficient (Wildman–Crippen LogP) is 4.14. The molecule has 0 saturated heterocycles. The summed E-state index contributed by atoms with van der Waals surface area (Å²) in [6.07, 6.45) is 1.35. The molecule has 0 aromatic heterocycles. The van der Waals surface area contributed by atoms with Gasteiger partial charge in [-0.25, -0.2) is 4.79 Å². The Morgan fingerprint density at radius 3 is 2.25 bits per heavy atom. The van der Waals surface area contributed by atoms with Gasteiger partial charge in [0, 0.05) is 0 Å². The Bertz CT molecular complexity index is 526. The molecule has 1 aliphatic rings. The van der Waals surface area contributed by atoms with Gasteiger partial charge in [-0.05, 0) is 51.4 Å². The van der Waals surface area contributed by atoms with Gasteiger partial charge in [0.15, 0.2) is 14.1 Å². The fraction of sp³-hybridized carbons (Fsp3) is 0.778. The molecule has 5 nitrogen and oxygen atoms in total. The topological polar surface area (TPSA) is 55.8 Å². The van der Waals surface area contributed by atoms with E-state index in [0.29, 0.717) is 12.2 Å². The first-order chi connectivity index (χ1) is 10.6. The summed E-state index contributed by atoms with van der Waals surface area (Å²) in [5.41, 5.74) is 0.0832. The molecule has 1 aliphatic heterocycles. The van der Waals surface area contributed by atoms with Gasteiger partial charge in [0.25, 0.3) is 0 Å². The highest BCUT2D eigenvalue weighted by Gasteiger charge is 2.39. The summed E-state index contributed by atoms with van der Waals surface area (Å²) in [4.78, 5) is 26.0. The van der Waals surface area contributed by atoms with Crippen LogP contribution < -0.4 is 0 Å². The molecule has 24 heavy (non-hydrogen) atoms. The van der Waals surface area contributed by atoms with Crippen LogP contribution in [0.15, 0.2) is 11.6 Å². The summed E-state index contributed by atoms with van der Waals surface area (Å²) < 4.78 is 11.7. The van der Waals surface area contributed by atoms with Gasteiger partial charge in [-0.3, -0.25) is 9.69 Å². The summed E-state index contributed by atoms with van der Waals surface area (Å²) in [6, 6.07) is -0.272. The van der Waals surface area contributed by atoms with Gasteiger partial charge in [0.1, 0.15) is 5.60 Å². The molecule has 6 heteroatoms. The van der Waals surface area contributed by atoms with E-state index in [1.54, 1.807) is 6.92 Å². The number of ether oxygens (including phenoxy) is 1. The third kappa shape index (κ3) is 5.45. The highest BCUT2D eigenvalue weighted by Crippen LogP contribution is 2.37. The first kappa shape index (κ1) is 20.9. The molecule has 138 valence electrons. The lowest BCUT2D eigenvalue weighted by molar-refractivity contribution is -0.118. The number of Topliss-reactive ketones (excluding diaryl/α,β-unsaturated/α-hetero) is 1. The van der Waals surface area contributed by atoms with Crippen LogP contribution in [0.1, 0.15) is 48.5 Å². The van der Waals surface area contributed by atoms with Gasteiger partial charge >= 0.3 is 6.09 Å². The molecule has 1 heterocycles. The zero-order chi connectivity index (χ0) is 18.9. The molecule has 0 aliphatic carbocycles. The van der Waals surface area contributed by atoms with Crippen molar-refractivity contribution in [1.29, 1.82) is 0 Å². The maximum atomic E-state index is 12.5. The molecule has 1 atom stereocenters. The number of amides is 1. The van der Waals surface area contributed by atoms with Gasteiger partial charge in [0.2, 0.25) is 0 Å². The largest absolute Gasteiger partial charge is 0.444 e. The number of nitrogens with zero attached hydrogens (tertiary/aromatic N) is 1. The minimum atomic E-state index is -1.93. The smallest absolute Gasteiger partial charge is 0.411 e. The van der Waals surface area contributed by atoms with E-state index in [0.717, 1.165) is 0 Å². The van der Waals surface area contributed by atoms with Crippen molar-refractivity contribution in [1.82, 2.24) is 4.90 Å². The van der Waals surface area contributed by atoms with Crippen molar-refractivity contribution in [2.24, 2.45) is 0 Å². The first-order valence-corrected chi connectivity index (χ1v) is 11.4. The Kier molecular flexibility index (Phi) is 6.10. The number of hydrogen-bond acceptors (Lipinski definition) is 4. The Morgan fingerprint density at radius 2 is 1.79 bits per heavy atom. The van der Waals surface area contributed by atoms with Crippen molar-refractivity contribution in [3.63, 3.8) is 0 Å². The minimum absolute atomic E-state index is 0.0444. The molecular formula is C18H33NO4Si. The number of ketones is 1. The molecule has 1 rings (SSSR count). The Hall–Kier alpha value is -1.14. The van der Waals surface area contributed by atoms with E-state index >= 15 is 0 Å². The summed E-state index contributed by atoms with van der Waals surface area (Å²) in [7, 11) is -1.93. The van der Waals surface area contributed by atoms with E-state index in [1.807, 2.05) is 26.8 Å². The van der Waals surface area contributed by atoms with Crippen LogP contribution in [0, 0.1) is 0 Å². The molecule has 0 spiro atoms.